The highest BCUT2D eigenvalue weighted by Gasteiger charge is 2.16. The van der Waals surface area contributed by atoms with Crippen LogP contribution in [-0.4, -0.2) is 24.0 Å². The normalized spacial score (nSPS) is 11.0. The Labute approximate surface area is 158 Å². The van der Waals surface area contributed by atoms with Crippen LogP contribution in [0.1, 0.15) is 48.4 Å². The summed E-state index contributed by atoms with van der Waals surface area (Å²) in [5.41, 5.74) is 1.14. The zero-order chi connectivity index (χ0) is 19.3. The quantitative estimate of drug-likeness (QED) is 0.808. The molecule has 2 amide bonds. The molecule has 0 saturated carbocycles. The van der Waals surface area contributed by atoms with Crippen LogP contribution < -0.4 is 15.4 Å². The van der Waals surface area contributed by atoms with E-state index in [1.165, 1.54) is 0 Å². The van der Waals surface area contributed by atoms with Gasteiger partial charge >= 0.3 is 0 Å². The van der Waals surface area contributed by atoms with Gasteiger partial charge < -0.3 is 15.4 Å². The van der Waals surface area contributed by atoms with Crippen molar-refractivity contribution < 1.29 is 14.3 Å². The molecule has 0 atom stereocenters. The van der Waals surface area contributed by atoms with Crippen molar-refractivity contribution in [2.45, 2.75) is 33.2 Å². The van der Waals surface area contributed by atoms with Gasteiger partial charge in [0.15, 0.2) is 0 Å². The van der Waals surface area contributed by atoms with Gasteiger partial charge in [0.05, 0.1) is 12.2 Å². The number of amides is 2. The molecule has 0 heterocycles. The van der Waals surface area contributed by atoms with Crippen LogP contribution in [0.3, 0.4) is 0 Å². The van der Waals surface area contributed by atoms with Gasteiger partial charge in [-0.15, -0.1) is 0 Å². The predicted octanol–water partition coefficient (Wildman–Crippen LogP) is 4.52. The standard InChI is InChI=1S/C20H23ClN2O3/c1-5-26-17-11-8-14(21)12-16(17)19(25)22-15-9-6-13(7-10-15)18(24)23-20(2,3)4/h6-12H,5H2,1-4H3,(H,22,25)(H,23,24). The van der Waals surface area contributed by atoms with E-state index in [-0.39, 0.29) is 17.4 Å². The predicted molar refractivity (Wildman–Crippen MR) is 104 cm³/mol. The van der Waals surface area contributed by atoms with Gasteiger partial charge in [-0.3, -0.25) is 9.59 Å². The lowest BCUT2D eigenvalue weighted by molar-refractivity contribution is 0.0919. The molecule has 2 N–H and O–H groups in total. The molecule has 0 saturated heterocycles. The largest absolute Gasteiger partial charge is 0.493 e. The molecule has 5 nitrogen and oxygen atoms in total. The summed E-state index contributed by atoms with van der Waals surface area (Å²) in [5, 5.41) is 6.13. The van der Waals surface area contributed by atoms with Crippen LogP contribution in [0.5, 0.6) is 5.75 Å². The molecule has 0 aliphatic heterocycles. The average Bonchev–Trinajstić information content (AvgIpc) is 2.55. The number of nitrogens with one attached hydrogen (secondary N) is 2. The van der Waals surface area contributed by atoms with E-state index in [4.69, 9.17) is 16.3 Å². The summed E-state index contributed by atoms with van der Waals surface area (Å²) in [6.07, 6.45) is 0. The minimum Gasteiger partial charge on any atom is -0.493 e. The Morgan fingerprint density at radius 1 is 1.04 bits per heavy atom. The first-order valence-electron chi connectivity index (χ1n) is 8.36. The first-order chi connectivity index (χ1) is 12.2. The Bertz CT molecular complexity index is 796. The third kappa shape index (κ3) is 5.49. The molecule has 26 heavy (non-hydrogen) atoms. The van der Waals surface area contributed by atoms with Crippen LogP contribution >= 0.6 is 11.6 Å². The fourth-order valence-electron chi connectivity index (χ4n) is 2.28. The van der Waals surface area contributed by atoms with E-state index >= 15 is 0 Å². The molecule has 0 bridgehead atoms. The van der Waals surface area contributed by atoms with Gasteiger partial charge in [-0.1, -0.05) is 11.6 Å². The van der Waals surface area contributed by atoms with Crippen molar-refractivity contribution in [3.05, 3.63) is 58.6 Å². The first kappa shape index (κ1) is 19.8. The Kier molecular flexibility index (Phi) is 6.27. The van der Waals surface area contributed by atoms with Crippen LogP contribution in [0.4, 0.5) is 5.69 Å². The topological polar surface area (TPSA) is 67.4 Å². The van der Waals surface area contributed by atoms with Gasteiger partial charge in [-0.2, -0.15) is 0 Å². The molecule has 6 heteroatoms. The number of anilines is 1. The minimum atomic E-state index is -0.331. The van der Waals surface area contributed by atoms with Crippen molar-refractivity contribution in [2.24, 2.45) is 0 Å². The first-order valence-corrected chi connectivity index (χ1v) is 8.73. The Hall–Kier alpha value is -2.53. The van der Waals surface area contributed by atoms with Gasteiger partial charge in [0.1, 0.15) is 5.75 Å². The molecule has 2 aromatic rings. The number of benzene rings is 2. The minimum absolute atomic E-state index is 0.163. The van der Waals surface area contributed by atoms with Crippen LogP contribution in [-0.2, 0) is 0 Å². The maximum Gasteiger partial charge on any atom is 0.259 e. The number of rotatable bonds is 5. The number of hydrogen-bond acceptors (Lipinski definition) is 3. The van der Waals surface area contributed by atoms with Crippen molar-refractivity contribution in [2.75, 3.05) is 11.9 Å². The smallest absolute Gasteiger partial charge is 0.259 e. The van der Waals surface area contributed by atoms with E-state index in [0.29, 0.717) is 34.2 Å². The zero-order valence-electron chi connectivity index (χ0n) is 15.4. The summed E-state index contributed by atoms with van der Waals surface area (Å²) in [6, 6.07) is 11.6. The van der Waals surface area contributed by atoms with E-state index in [1.807, 2.05) is 27.7 Å². The third-order valence-electron chi connectivity index (χ3n) is 3.38. The molecular weight excluding hydrogens is 352 g/mol. The van der Waals surface area contributed by atoms with Crippen molar-refractivity contribution >= 4 is 29.1 Å². The molecule has 138 valence electrons. The van der Waals surface area contributed by atoms with Crippen molar-refractivity contribution in [1.29, 1.82) is 0 Å². The van der Waals surface area contributed by atoms with Gasteiger partial charge in [-0.25, -0.2) is 0 Å². The fourth-order valence-corrected chi connectivity index (χ4v) is 2.45. The van der Waals surface area contributed by atoms with Crippen molar-refractivity contribution in [3.8, 4) is 5.75 Å². The second-order valence-electron chi connectivity index (χ2n) is 6.81. The van der Waals surface area contributed by atoms with Gasteiger partial charge in [-0.05, 0) is 70.2 Å². The molecule has 0 aliphatic carbocycles. The lowest BCUT2D eigenvalue weighted by atomic mass is 10.1. The average molecular weight is 375 g/mol. The molecule has 0 aromatic heterocycles. The maximum atomic E-state index is 12.5. The monoisotopic (exact) mass is 374 g/mol. The highest BCUT2D eigenvalue weighted by atomic mass is 35.5. The second kappa shape index (κ2) is 8.23. The molecule has 2 aromatic carbocycles. The van der Waals surface area contributed by atoms with Gasteiger partial charge in [0, 0.05) is 21.8 Å². The lowest BCUT2D eigenvalue weighted by Gasteiger charge is -2.20. The summed E-state index contributed by atoms with van der Waals surface area (Å²) in [7, 11) is 0. The van der Waals surface area contributed by atoms with Crippen LogP contribution in [0, 0.1) is 0 Å². The van der Waals surface area contributed by atoms with Crippen LogP contribution in [0.25, 0.3) is 0 Å². The van der Waals surface area contributed by atoms with E-state index < -0.39 is 0 Å². The maximum absolute atomic E-state index is 12.5. The third-order valence-corrected chi connectivity index (χ3v) is 3.61. The summed E-state index contributed by atoms with van der Waals surface area (Å²) in [4.78, 5) is 24.7. The van der Waals surface area contributed by atoms with Gasteiger partial charge in [0.2, 0.25) is 0 Å². The molecule has 0 fully saturated rings. The molecule has 0 spiro atoms. The SMILES string of the molecule is CCOc1ccc(Cl)cc1C(=O)Nc1ccc(C(=O)NC(C)(C)C)cc1. The highest BCUT2D eigenvalue weighted by molar-refractivity contribution is 6.31. The summed E-state index contributed by atoms with van der Waals surface area (Å²) >= 11 is 5.99. The molecule has 0 unspecified atom stereocenters. The zero-order valence-corrected chi connectivity index (χ0v) is 16.1. The molecule has 2 rings (SSSR count). The van der Waals surface area contributed by atoms with Crippen LogP contribution in [0.2, 0.25) is 5.02 Å². The summed E-state index contributed by atoms with van der Waals surface area (Å²) in [5.74, 6) is -0.0257. The molecular formula is C20H23ClN2O3. The van der Waals surface area contributed by atoms with E-state index in [1.54, 1.807) is 42.5 Å². The van der Waals surface area contributed by atoms with E-state index in [0.717, 1.165) is 0 Å². The van der Waals surface area contributed by atoms with E-state index in [9.17, 15) is 9.59 Å². The summed E-state index contributed by atoms with van der Waals surface area (Å²) in [6.45, 7) is 8.04. The number of carbonyl (C=O) groups excluding carboxylic acids is 2. The van der Waals surface area contributed by atoms with Crippen LogP contribution in [0.15, 0.2) is 42.5 Å². The Balaban J connectivity index is 2.13. The Morgan fingerprint density at radius 3 is 2.27 bits per heavy atom. The number of hydrogen-bond donors (Lipinski definition) is 2. The lowest BCUT2D eigenvalue weighted by Crippen LogP contribution is -2.40. The fraction of sp³-hybridized carbons (Fsp3) is 0.300. The molecule has 0 aliphatic rings. The van der Waals surface area contributed by atoms with E-state index in [2.05, 4.69) is 10.6 Å². The summed E-state index contributed by atoms with van der Waals surface area (Å²) < 4.78 is 5.48. The van der Waals surface area contributed by atoms with Crippen molar-refractivity contribution in [3.63, 3.8) is 0 Å². The number of carbonyl (C=O) groups is 2. The number of ether oxygens (including phenoxy) is 1. The van der Waals surface area contributed by atoms with Crippen molar-refractivity contribution in [1.82, 2.24) is 5.32 Å². The number of halogens is 1. The van der Waals surface area contributed by atoms with Gasteiger partial charge in [0.25, 0.3) is 11.8 Å². The highest BCUT2D eigenvalue weighted by Crippen LogP contribution is 2.24. The second-order valence-corrected chi connectivity index (χ2v) is 7.25. The molecule has 0 radical (unpaired) electrons. The Morgan fingerprint density at radius 2 is 1.69 bits per heavy atom.